The second-order valence-corrected chi connectivity index (χ2v) is 8.79. The van der Waals surface area contributed by atoms with Gasteiger partial charge >= 0.3 is 0 Å². The van der Waals surface area contributed by atoms with Crippen LogP contribution in [0.3, 0.4) is 0 Å². The fourth-order valence-electron chi connectivity index (χ4n) is 4.61. The van der Waals surface area contributed by atoms with E-state index in [1.807, 2.05) is 42.5 Å². The van der Waals surface area contributed by atoms with Crippen LogP contribution in [0.15, 0.2) is 47.3 Å². The van der Waals surface area contributed by atoms with Crippen molar-refractivity contribution in [1.29, 1.82) is 0 Å². The number of fused-ring (bicyclic) bond motifs is 2. The number of thiocarbonyl (C=S) groups is 1. The lowest BCUT2D eigenvalue weighted by atomic mass is 10.1. The van der Waals surface area contributed by atoms with Crippen LogP contribution in [0, 0.1) is 0 Å². The van der Waals surface area contributed by atoms with Crippen LogP contribution in [0.2, 0.25) is 0 Å². The molecule has 0 radical (unpaired) electrons. The fraction of sp³-hybridized carbons (Fsp3) is 0.360. The Labute approximate surface area is 197 Å². The number of anilines is 1. The van der Waals surface area contributed by atoms with Crippen LogP contribution in [-0.4, -0.2) is 41.4 Å². The Morgan fingerprint density at radius 1 is 1.15 bits per heavy atom. The Morgan fingerprint density at radius 3 is 2.64 bits per heavy atom. The first-order valence-electron chi connectivity index (χ1n) is 11.3. The molecule has 2 heterocycles. The number of hydrogen-bond acceptors (Lipinski definition) is 5. The summed E-state index contributed by atoms with van der Waals surface area (Å²) >= 11 is 5.83. The number of benzene rings is 2. The average molecular weight is 466 g/mol. The van der Waals surface area contributed by atoms with Crippen LogP contribution in [0.5, 0.6) is 17.2 Å². The van der Waals surface area contributed by atoms with E-state index in [2.05, 4.69) is 15.2 Å². The Hall–Kier alpha value is -3.26. The molecule has 2 aromatic carbocycles. The molecule has 0 spiro atoms. The molecule has 0 atom stereocenters. The zero-order valence-electron chi connectivity index (χ0n) is 18.6. The molecule has 1 fully saturated rings. The maximum absolute atomic E-state index is 13.0. The number of nitrogens with one attached hydrogen (secondary N) is 2. The van der Waals surface area contributed by atoms with Gasteiger partial charge in [0.15, 0.2) is 16.6 Å². The van der Waals surface area contributed by atoms with Crippen LogP contribution in [0.1, 0.15) is 31.2 Å². The number of pyridine rings is 1. The van der Waals surface area contributed by atoms with Gasteiger partial charge in [-0.3, -0.25) is 4.79 Å². The number of ether oxygens (including phenoxy) is 3. The molecule has 1 aromatic heterocycles. The zero-order chi connectivity index (χ0) is 22.8. The SMILES string of the molecule is COc1ccccc1NC(=S)N(Cc1cc2cc3c(cc2[nH]c1=O)OCCO3)C1CCCC1. The Morgan fingerprint density at radius 2 is 1.88 bits per heavy atom. The third kappa shape index (κ3) is 4.48. The van der Waals surface area contributed by atoms with Crippen molar-refractivity contribution in [2.24, 2.45) is 0 Å². The van der Waals surface area contributed by atoms with Crippen LogP contribution < -0.4 is 25.1 Å². The lowest BCUT2D eigenvalue weighted by Crippen LogP contribution is -2.42. The number of aromatic amines is 1. The highest BCUT2D eigenvalue weighted by atomic mass is 32.1. The topological polar surface area (TPSA) is 75.8 Å². The monoisotopic (exact) mass is 465 g/mol. The third-order valence-corrected chi connectivity index (χ3v) is 6.64. The van der Waals surface area contributed by atoms with Crippen molar-refractivity contribution in [3.63, 3.8) is 0 Å². The molecule has 1 aliphatic heterocycles. The summed E-state index contributed by atoms with van der Waals surface area (Å²) < 4.78 is 16.8. The zero-order valence-corrected chi connectivity index (χ0v) is 19.4. The van der Waals surface area contributed by atoms with E-state index in [0.717, 1.165) is 48.0 Å². The summed E-state index contributed by atoms with van der Waals surface area (Å²) in [6.45, 7) is 1.45. The van der Waals surface area contributed by atoms with Crippen molar-refractivity contribution < 1.29 is 14.2 Å². The van der Waals surface area contributed by atoms with Crippen molar-refractivity contribution >= 4 is 33.9 Å². The van der Waals surface area contributed by atoms with E-state index in [9.17, 15) is 4.79 Å². The quantitative estimate of drug-likeness (QED) is 0.539. The molecule has 1 aliphatic carbocycles. The van der Waals surface area contributed by atoms with Crippen molar-refractivity contribution in [1.82, 2.24) is 9.88 Å². The third-order valence-electron chi connectivity index (χ3n) is 6.30. The van der Waals surface area contributed by atoms with Crippen molar-refractivity contribution in [2.45, 2.75) is 38.3 Å². The Balaban J connectivity index is 1.45. The van der Waals surface area contributed by atoms with Gasteiger partial charge in [-0.2, -0.15) is 0 Å². The first kappa shape index (κ1) is 21.6. The standard InChI is InChI=1S/C25H27N3O4S/c1-30-21-9-5-4-8-19(21)27-25(33)28(18-6-2-3-7-18)15-17-12-16-13-22-23(32-11-10-31-22)14-20(16)26-24(17)29/h4-5,8-9,12-14,18H,2-3,6-7,10-11,15H2,1H3,(H,26,29)(H,27,33). The number of aromatic nitrogens is 1. The molecular formula is C25H27N3O4S. The van der Waals surface area contributed by atoms with Crippen molar-refractivity contribution in [3.8, 4) is 17.2 Å². The molecular weight excluding hydrogens is 438 g/mol. The van der Waals surface area contributed by atoms with Gasteiger partial charge in [0.2, 0.25) is 0 Å². The number of H-pyrrole nitrogens is 1. The van der Waals surface area contributed by atoms with Gasteiger partial charge < -0.3 is 29.4 Å². The second-order valence-electron chi connectivity index (χ2n) is 8.40. The van der Waals surface area contributed by atoms with Gasteiger partial charge in [-0.1, -0.05) is 25.0 Å². The summed E-state index contributed by atoms with van der Waals surface area (Å²) in [6.07, 6.45) is 4.43. The van der Waals surface area contributed by atoms with E-state index >= 15 is 0 Å². The minimum Gasteiger partial charge on any atom is -0.495 e. The normalized spacial score (nSPS) is 15.4. The first-order valence-corrected chi connectivity index (χ1v) is 11.7. The lowest BCUT2D eigenvalue weighted by Gasteiger charge is -2.32. The number of methoxy groups -OCH3 is 1. The summed E-state index contributed by atoms with van der Waals surface area (Å²) in [5, 5.41) is 4.84. The molecule has 172 valence electrons. The van der Waals surface area contributed by atoms with Gasteiger partial charge in [-0.15, -0.1) is 0 Å². The highest BCUT2D eigenvalue weighted by Crippen LogP contribution is 2.34. The van der Waals surface area contributed by atoms with E-state index in [0.29, 0.717) is 41.9 Å². The molecule has 5 rings (SSSR count). The van der Waals surface area contributed by atoms with Gasteiger partial charge in [0, 0.05) is 23.1 Å². The summed E-state index contributed by atoms with van der Waals surface area (Å²) in [5.74, 6) is 2.08. The van der Waals surface area contributed by atoms with Gasteiger partial charge in [-0.25, -0.2) is 0 Å². The number of hydrogen-bond donors (Lipinski definition) is 2. The van der Waals surface area contributed by atoms with Crippen LogP contribution in [0.4, 0.5) is 5.69 Å². The molecule has 0 unspecified atom stereocenters. The van der Waals surface area contributed by atoms with Crippen LogP contribution in [-0.2, 0) is 6.54 Å². The van der Waals surface area contributed by atoms with Gasteiger partial charge in [0.25, 0.3) is 5.56 Å². The highest BCUT2D eigenvalue weighted by molar-refractivity contribution is 7.80. The molecule has 7 nitrogen and oxygen atoms in total. The smallest absolute Gasteiger partial charge is 0.253 e. The van der Waals surface area contributed by atoms with E-state index in [1.165, 1.54) is 0 Å². The predicted octanol–water partition coefficient (Wildman–Crippen LogP) is 4.45. The molecule has 8 heteroatoms. The predicted molar refractivity (Wildman–Crippen MR) is 133 cm³/mol. The second kappa shape index (κ2) is 9.31. The van der Waals surface area contributed by atoms with Crippen molar-refractivity contribution in [3.05, 3.63) is 58.4 Å². The fourth-order valence-corrected chi connectivity index (χ4v) is 4.93. The average Bonchev–Trinajstić information content (AvgIpc) is 3.36. The summed E-state index contributed by atoms with van der Waals surface area (Å²) in [7, 11) is 1.64. The molecule has 0 bridgehead atoms. The summed E-state index contributed by atoms with van der Waals surface area (Å²) in [5.41, 5.74) is 2.08. The number of nitrogens with zero attached hydrogens (tertiary/aromatic N) is 1. The van der Waals surface area contributed by atoms with E-state index in [4.69, 9.17) is 26.4 Å². The molecule has 0 amide bonds. The minimum atomic E-state index is -0.123. The minimum absolute atomic E-state index is 0.123. The molecule has 2 N–H and O–H groups in total. The molecule has 33 heavy (non-hydrogen) atoms. The van der Waals surface area contributed by atoms with Crippen LogP contribution in [0.25, 0.3) is 10.9 Å². The Bertz CT molecular complexity index is 1240. The molecule has 1 saturated carbocycles. The van der Waals surface area contributed by atoms with Gasteiger partial charge in [-0.05, 0) is 49.3 Å². The largest absolute Gasteiger partial charge is 0.495 e. The summed E-state index contributed by atoms with van der Waals surface area (Å²) in [6, 6.07) is 13.7. The number of para-hydroxylation sites is 2. The highest BCUT2D eigenvalue weighted by Gasteiger charge is 2.26. The lowest BCUT2D eigenvalue weighted by molar-refractivity contribution is 0.172. The van der Waals surface area contributed by atoms with E-state index in [-0.39, 0.29) is 11.6 Å². The maximum Gasteiger partial charge on any atom is 0.253 e. The van der Waals surface area contributed by atoms with Crippen molar-refractivity contribution in [2.75, 3.05) is 25.6 Å². The van der Waals surface area contributed by atoms with E-state index < -0.39 is 0 Å². The maximum atomic E-state index is 13.0. The molecule has 2 aliphatic rings. The molecule has 3 aromatic rings. The Kier molecular flexibility index (Phi) is 6.09. The van der Waals surface area contributed by atoms with Crippen LogP contribution >= 0.6 is 12.2 Å². The first-order chi connectivity index (χ1) is 16.1. The van der Waals surface area contributed by atoms with Gasteiger partial charge in [0.05, 0.1) is 24.9 Å². The number of rotatable bonds is 5. The van der Waals surface area contributed by atoms with E-state index in [1.54, 1.807) is 7.11 Å². The molecule has 0 saturated heterocycles. The summed E-state index contributed by atoms with van der Waals surface area (Å²) in [4.78, 5) is 18.1. The van der Waals surface area contributed by atoms with Gasteiger partial charge in [0.1, 0.15) is 19.0 Å².